The van der Waals surface area contributed by atoms with E-state index in [0.717, 1.165) is 32.6 Å². The van der Waals surface area contributed by atoms with Gasteiger partial charge < -0.3 is 10.1 Å². The molecule has 1 aliphatic heterocycles. The molecule has 1 aromatic carbocycles. The Hall–Kier alpha value is -1.39. The largest absolute Gasteiger partial charge is 0.468 e. The molecule has 1 heterocycles. The Bertz CT molecular complexity index is 356. The molecule has 1 unspecified atom stereocenters. The van der Waals surface area contributed by atoms with Gasteiger partial charge in [0.15, 0.2) is 0 Å². The summed E-state index contributed by atoms with van der Waals surface area (Å²) in [4.78, 5) is 12.5. The molecule has 1 atom stereocenters. The van der Waals surface area contributed by atoms with Gasteiger partial charge in [-0.2, -0.15) is 0 Å². The molecule has 4 nitrogen and oxygen atoms in total. The van der Waals surface area contributed by atoms with Crippen LogP contribution in [-0.4, -0.2) is 43.7 Å². The molecule has 0 bridgehead atoms. The van der Waals surface area contributed by atoms with Gasteiger partial charge in [0, 0.05) is 32.2 Å². The molecule has 0 radical (unpaired) electrons. The molecular formula is C14H20N2O2. The van der Waals surface area contributed by atoms with Gasteiger partial charge in [-0.3, -0.25) is 9.69 Å². The van der Waals surface area contributed by atoms with Crippen molar-refractivity contribution >= 4 is 6.47 Å². The first-order valence-electron chi connectivity index (χ1n) is 6.43. The van der Waals surface area contributed by atoms with Gasteiger partial charge in [0.05, 0.1) is 6.61 Å². The minimum absolute atomic E-state index is 0.419. The standard InChI is InChI=1S/C14H20N2O2/c17-12-18-9-6-14-11-16(8-7-15-14)10-13-4-2-1-3-5-13/h1-5,12,14-15H,6-11H2. The topological polar surface area (TPSA) is 41.6 Å². The molecule has 0 aromatic heterocycles. The van der Waals surface area contributed by atoms with Gasteiger partial charge in [-0.1, -0.05) is 30.3 Å². The van der Waals surface area contributed by atoms with E-state index in [1.54, 1.807) is 0 Å². The maximum absolute atomic E-state index is 10.1. The third-order valence-corrected chi connectivity index (χ3v) is 3.24. The Labute approximate surface area is 108 Å². The van der Waals surface area contributed by atoms with Crippen LogP contribution < -0.4 is 5.32 Å². The van der Waals surface area contributed by atoms with Crippen molar-refractivity contribution in [3.63, 3.8) is 0 Å². The Morgan fingerprint density at radius 2 is 2.22 bits per heavy atom. The van der Waals surface area contributed by atoms with Gasteiger partial charge in [-0.25, -0.2) is 0 Å². The summed E-state index contributed by atoms with van der Waals surface area (Å²) >= 11 is 0. The molecule has 1 fully saturated rings. The second-order valence-corrected chi connectivity index (χ2v) is 4.63. The lowest BCUT2D eigenvalue weighted by Gasteiger charge is -2.33. The summed E-state index contributed by atoms with van der Waals surface area (Å²) in [5, 5.41) is 3.46. The maximum Gasteiger partial charge on any atom is 0.293 e. The number of nitrogens with one attached hydrogen (secondary N) is 1. The number of benzene rings is 1. The highest BCUT2D eigenvalue weighted by atomic mass is 16.5. The molecule has 4 heteroatoms. The fourth-order valence-corrected chi connectivity index (χ4v) is 2.33. The lowest BCUT2D eigenvalue weighted by Crippen LogP contribution is -2.50. The number of carbonyl (C=O) groups is 1. The van der Waals surface area contributed by atoms with Crippen LogP contribution >= 0.6 is 0 Å². The van der Waals surface area contributed by atoms with Crippen molar-refractivity contribution in [1.82, 2.24) is 10.2 Å². The molecule has 0 saturated carbocycles. The third kappa shape index (κ3) is 4.13. The third-order valence-electron chi connectivity index (χ3n) is 3.24. The number of nitrogens with zero attached hydrogens (tertiary/aromatic N) is 1. The minimum Gasteiger partial charge on any atom is -0.468 e. The predicted molar refractivity (Wildman–Crippen MR) is 70.1 cm³/mol. The van der Waals surface area contributed by atoms with E-state index < -0.39 is 0 Å². The molecule has 1 aliphatic rings. The van der Waals surface area contributed by atoms with E-state index in [4.69, 9.17) is 4.74 Å². The van der Waals surface area contributed by atoms with Gasteiger partial charge in [0.2, 0.25) is 0 Å². The molecule has 0 aliphatic carbocycles. The Kier molecular flexibility index (Phi) is 5.17. The molecule has 1 aromatic rings. The van der Waals surface area contributed by atoms with E-state index in [1.165, 1.54) is 5.56 Å². The van der Waals surface area contributed by atoms with E-state index in [9.17, 15) is 4.79 Å². The van der Waals surface area contributed by atoms with E-state index >= 15 is 0 Å². The molecule has 1 saturated heterocycles. The van der Waals surface area contributed by atoms with Crippen LogP contribution in [0.4, 0.5) is 0 Å². The number of hydrogen-bond acceptors (Lipinski definition) is 4. The van der Waals surface area contributed by atoms with Crippen LogP contribution in [0.15, 0.2) is 30.3 Å². The lowest BCUT2D eigenvalue weighted by molar-refractivity contribution is -0.128. The van der Waals surface area contributed by atoms with Crippen LogP contribution in [0.2, 0.25) is 0 Å². The van der Waals surface area contributed by atoms with Crippen LogP contribution in [0, 0.1) is 0 Å². The molecule has 1 N–H and O–H groups in total. The fourth-order valence-electron chi connectivity index (χ4n) is 2.33. The molecule has 0 spiro atoms. The van der Waals surface area contributed by atoms with Crippen LogP contribution in [-0.2, 0) is 16.1 Å². The van der Waals surface area contributed by atoms with Gasteiger partial charge in [-0.05, 0) is 12.0 Å². The van der Waals surface area contributed by atoms with Crippen molar-refractivity contribution in [2.24, 2.45) is 0 Å². The van der Waals surface area contributed by atoms with E-state index in [-0.39, 0.29) is 0 Å². The second kappa shape index (κ2) is 7.13. The predicted octanol–water partition coefficient (Wildman–Crippen LogP) is 1.02. The van der Waals surface area contributed by atoms with Crippen molar-refractivity contribution in [3.05, 3.63) is 35.9 Å². The van der Waals surface area contributed by atoms with Crippen LogP contribution in [0.1, 0.15) is 12.0 Å². The zero-order valence-corrected chi connectivity index (χ0v) is 10.5. The molecular weight excluding hydrogens is 228 g/mol. The zero-order valence-electron chi connectivity index (χ0n) is 10.5. The number of hydrogen-bond donors (Lipinski definition) is 1. The smallest absolute Gasteiger partial charge is 0.293 e. The highest BCUT2D eigenvalue weighted by Gasteiger charge is 2.18. The van der Waals surface area contributed by atoms with Crippen LogP contribution in [0.25, 0.3) is 0 Å². The zero-order chi connectivity index (χ0) is 12.6. The number of piperazine rings is 1. The molecule has 98 valence electrons. The van der Waals surface area contributed by atoms with Gasteiger partial charge >= 0.3 is 0 Å². The molecule has 0 amide bonds. The highest BCUT2D eigenvalue weighted by Crippen LogP contribution is 2.08. The van der Waals surface area contributed by atoms with Crippen molar-refractivity contribution < 1.29 is 9.53 Å². The first kappa shape index (κ1) is 13.1. The van der Waals surface area contributed by atoms with Crippen LogP contribution in [0.5, 0.6) is 0 Å². The summed E-state index contributed by atoms with van der Waals surface area (Å²) in [6, 6.07) is 10.9. The summed E-state index contributed by atoms with van der Waals surface area (Å²) in [5.74, 6) is 0. The Morgan fingerprint density at radius 1 is 1.39 bits per heavy atom. The second-order valence-electron chi connectivity index (χ2n) is 4.63. The average molecular weight is 248 g/mol. The van der Waals surface area contributed by atoms with Crippen molar-refractivity contribution in [3.8, 4) is 0 Å². The summed E-state index contributed by atoms with van der Waals surface area (Å²) in [6.45, 7) is 5.09. The van der Waals surface area contributed by atoms with E-state index in [0.29, 0.717) is 19.1 Å². The van der Waals surface area contributed by atoms with E-state index in [2.05, 4.69) is 34.5 Å². The Balaban J connectivity index is 1.78. The SMILES string of the molecule is O=COCCC1CN(Cc2ccccc2)CCN1. The molecule has 2 rings (SSSR count). The van der Waals surface area contributed by atoms with Gasteiger partial charge in [0.25, 0.3) is 6.47 Å². The first-order chi connectivity index (χ1) is 8.88. The summed E-state index contributed by atoms with van der Waals surface area (Å²) in [6.07, 6.45) is 0.879. The summed E-state index contributed by atoms with van der Waals surface area (Å²) in [5.41, 5.74) is 1.35. The van der Waals surface area contributed by atoms with Crippen molar-refractivity contribution in [1.29, 1.82) is 0 Å². The minimum atomic E-state index is 0.419. The maximum atomic E-state index is 10.1. The number of ether oxygens (including phenoxy) is 1. The van der Waals surface area contributed by atoms with Crippen molar-refractivity contribution in [2.75, 3.05) is 26.2 Å². The van der Waals surface area contributed by atoms with Gasteiger partial charge in [-0.15, -0.1) is 0 Å². The normalized spacial score (nSPS) is 20.6. The summed E-state index contributed by atoms with van der Waals surface area (Å²) in [7, 11) is 0. The van der Waals surface area contributed by atoms with E-state index in [1.807, 2.05) is 6.07 Å². The highest BCUT2D eigenvalue weighted by molar-refractivity contribution is 5.36. The van der Waals surface area contributed by atoms with Crippen molar-refractivity contribution in [2.45, 2.75) is 19.0 Å². The number of rotatable bonds is 6. The fraction of sp³-hybridized carbons (Fsp3) is 0.500. The Morgan fingerprint density at radius 3 is 3.00 bits per heavy atom. The molecule has 18 heavy (non-hydrogen) atoms. The lowest BCUT2D eigenvalue weighted by atomic mass is 10.1. The van der Waals surface area contributed by atoms with Gasteiger partial charge in [0.1, 0.15) is 0 Å². The average Bonchev–Trinajstić information content (AvgIpc) is 2.41. The first-order valence-corrected chi connectivity index (χ1v) is 6.43. The number of carbonyl (C=O) groups excluding carboxylic acids is 1. The monoisotopic (exact) mass is 248 g/mol. The quantitative estimate of drug-likeness (QED) is 0.603. The van der Waals surface area contributed by atoms with Crippen LogP contribution in [0.3, 0.4) is 0 Å². The summed E-state index contributed by atoms with van der Waals surface area (Å²) < 4.78 is 4.75.